The Bertz CT molecular complexity index is 514. The van der Waals surface area contributed by atoms with E-state index in [1.807, 2.05) is 0 Å². The van der Waals surface area contributed by atoms with Crippen molar-refractivity contribution in [1.29, 1.82) is 0 Å². The van der Waals surface area contributed by atoms with Gasteiger partial charge in [-0.2, -0.15) is 0 Å². The predicted molar refractivity (Wildman–Crippen MR) is 60.6 cm³/mol. The molecule has 0 aliphatic heterocycles. The highest BCUT2D eigenvalue weighted by molar-refractivity contribution is 5.67. The van der Waals surface area contributed by atoms with E-state index in [4.69, 9.17) is 10.5 Å². The number of nitrogen functional groups attached to an aromatic ring is 1. The highest BCUT2D eigenvalue weighted by atomic mass is 19.1. The van der Waals surface area contributed by atoms with E-state index in [1.54, 1.807) is 30.5 Å². The Balaban J connectivity index is 2.54. The lowest BCUT2D eigenvalue weighted by Gasteiger charge is -2.06. The summed E-state index contributed by atoms with van der Waals surface area (Å²) in [6, 6.07) is 7.89. The number of hydrogen-bond acceptors (Lipinski definition) is 3. The molecule has 82 valence electrons. The van der Waals surface area contributed by atoms with Gasteiger partial charge in [-0.25, -0.2) is 9.37 Å². The molecule has 0 aliphatic rings. The lowest BCUT2D eigenvalue weighted by Crippen LogP contribution is -1.92. The summed E-state index contributed by atoms with van der Waals surface area (Å²) in [5, 5.41) is 0. The minimum absolute atomic E-state index is 0.314. The Morgan fingerprint density at radius 1 is 1.25 bits per heavy atom. The first-order valence-corrected chi connectivity index (χ1v) is 4.76. The number of aromatic nitrogens is 1. The highest BCUT2D eigenvalue weighted by Crippen LogP contribution is 2.27. The van der Waals surface area contributed by atoms with E-state index >= 15 is 0 Å². The highest BCUT2D eigenvalue weighted by Gasteiger charge is 2.07. The summed E-state index contributed by atoms with van der Waals surface area (Å²) in [5.41, 5.74) is 6.69. The van der Waals surface area contributed by atoms with Crippen LogP contribution in [-0.4, -0.2) is 12.1 Å². The van der Waals surface area contributed by atoms with E-state index < -0.39 is 0 Å². The van der Waals surface area contributed by atoms with Crippen molar-refractivity contribution in [3.8, 4) is 16.9 Å². The van der Waals surface area contributed by atoms with E-state index in [-0.39, 0.29) is 5.82 Å². The summed E-state index contributed by atoms with van der Waals surface area (Å²) in [6.07, 6.45) is 1.55. The number of nitrogens with two attached hydrogens (primary N) is 1. The summed E-state index contributed by atoms with van der Waals surface area (Å²) in [5.74, 6) is 0.651. The van der Waals surface area contributed by atoms with Crippen LogP contribution in [0.15, 0.2) is 36.5 Å². The van der Waals surface area contributed by atoms with Gasteiger partial charge in [0.2, 0.25) is 0 Å². The molecule has 0 fully saturated rings. The van der Waals surface area contributed by atoms with Gasteiger partial charge in [0.15, 0.2) is 0 Å². The molecule has 2 N–H and O–H groups in total. The lowest BCUT2D eigenvalue weighted by molar-refractivity contribution is 0.414. The zero-order chi connectivity index (χ0) is 11.5. The molecule has 16 heavy (non-hydrogen) atoms. The summed E-state index contributed by atoms with van der Waals surface area (Å²) in [7, 11) is 1.54. The molecule has 3 nitrogen and oxygen atoms in total. The number of ether oxygens (including phenoxy) is 1. The van der Waals surface area contributed by atoms with Crippen molar-refractivity contribution in [2.24, 2.45) is 0 Å². The van der Waals surface area contributed by atoms with E-state index in [1.165, 1.54) is 13.2 Å². The van der Waals surface area contributed by atoms with Crippen LogP contribution < -0.4 is 10.5 Å². The van der Waals surface area contributed by atoms with Gasteiger partial charge in [0.05, 0.1) is 7.11 Å². The SMILES string of the molecule is COc1ccc(F)c(-c2ccnc(N)c2)c1. The van der Waals surface area contributed by atoms with Crippen molar-refractivity contribution in [1.82, 2.24) is 4.98 Å². The van der Waals surface area contributed by atoms with Crippen LogP contribution in [0.2, 0.25) is 0 Å². The molecule has 0 bridgehead atoms. The molecule has 0 unspecified atom stereocenters. The zero-order valence-corrected chi connectivity index (χ0v) is 8.77. The molecular formula is C12H11FN2O. The Kier molecular flexibility index (Phi) is 2.72. The molecule has 0 atom stereocenters. The number of methoxy groups -OCH3 is 1. The van der Waals surface area contributed by atoms with Gasteiger partial charge in [-0.1, -0.05) is 0 Å². The van der Waals surface area contributed by atoms with Gasteiger partial charge in [-0.3, -0.25) is 0 Å². The Morgan fingerprint density at radius 3 is 2.75 bits per heavy atom. The summed E-state index contributed by atoms with van der Waals surface area (Å²) < 4.78 is 18.7. The number of anilines is 1. The molecule has 1 heterocycles. The van der Waals surface area contributed by atoms with Crippen molar-refractivity contribution < 1.29 is 9.13 Å². The lowest BCUT2D eigenvalue weighted by atomic mass is 10.1. The second-order valence-electron chi connectivity index (χ2n) is 3.32. The monoisotopic (exact) mass is 218 g/mol. The normalized spacial score (nSPS) is 10.1. The van der Waals surface area contributed by atoms with Crippen LogP contribution >= 0.6 is 0 Å². The van der Waals surface area contributed by atoms with E-state index in [0.717, 1.165) is 0 Å². The first kappa shape index (κ1) is 10.4. The van der Waals surface area contributed by atoms with Gasteiger partial charge in [-0.15, -0.1) is 0 Å². The van der Waals surface area contributed by atoms with Crippen molar-refractivity contribution in [3.05, 3.63) is 42.3 Å². The standard InChI is InChI=1S/C12H11FN2O/c1-16-9-2-3-11(13)10(7-9)8-4-5-15-12(14)6-8/h2-7H,1H3,(H2,14,15). The Labute approximate surface area is 92.7 Å². The molecule has 0 spiro atoms. The molecule has 0 saturated heterocycles. The first-order valence-electron chi connectivity index (χ1n) is 4.76. The molecule has 0 saturated carbocycles. The summed E-state index contributed by atoms with van der Waals surface area (Å²) in [6.45, 7) is 0. The van der Waals surface area contributed by atoms with E-state index in [2.05, 4.69) is 4.98 Å². The summed E-state index contributed by atoms with van der Waals surface area (Å²) in [4.78, 5) is 3.86. The van der Waals surface area contributed by atoms with Crippen molar-refractivity contribution in [2.75, 3.05) is 12.8 Å². The van der Waals surface area contributed by atoms with Gasteiger partial charge < -0.3 is 10.5 Å². The third-order valence-electron chi connectivity index (χ3n) is 2.27. The molecule has 0 amide bonds. The quantitative estimate of drug-likeness (QED) is 0.842. The average Bonchev–Trinajstić information content (AvgIpc) is 2.30. The maximum atomic E-state index is 13.6. The molecule has 1 aromatic heterocycles. The summed E-state index contributed by atoms with van der Waals surface area (Å²) >= 11 is 0. The molecule has 2 aromatic rings. The van der Waals surface area contributed by atoms with Crippen molar-refractivity contribution in [3.63, 3.8) is 0 Å². The number of pyridine rings is 1. The van der Waals surface area contributed by atoms with Crippen molar-refractivity contribution in [2.45, 2.75) is 0 Å². The molecule has 0 radical (unpaired) electrons. The van der Waals surface area contributed by atoms with Crippen LogP contribution in [0.5, 0.6) is 5.75 Å². The van der Waals surface area contributed by atoms with E-state index in [0.29, 0.717) is 22.7 Å². The maximum absolute atomic E-state index is 13.6. The fraction of sp³-hybridized carbons (Fsp3) is 0.0833. The molecule has 2 rings (SSSR count). The number of nitrogens with zero attached hydrogens (tertiary/aromatic N) is 1. The van der Waals surface area contributed by atoms with E-state index in [9.17, 15) is 4.39 Å². The number of halogens is 1. The largest absolute Gasteiger partial charge is 0.497 e. The van der Waals surface area contributed by atoms with Crippen LogP contribution in [0.25, 0.3) is 11.1 Å². The van der Waals surface area contributed by atoms with Crippen LogP contribution in [0.4, 0.5) is 10.2 Å². The van der Waals surface area contributed by atoms with Gasteiger partial charge in [0, 0.05) is 11.8 Å². The molecule has 0 aliphatic carbocycles. The topological polar surface area (TPSA) is 48.1 Å². The van der Waals surface area contributed by atoms with Gasteiger partial charge in [0.25, 0.3) is 0 Å². The average molecular weight is 218 g/mol. The predicted octanol–water partition coefficient (Wildman–Crippen LogP) is 2.48. The smallest absolute Gasteiger partial charge is 0.131 e. The number of benzene rings is 1. The Hall–Kier alpha value is -2.10. The van der Waals surface area contributed by atoms with Crippen LogP contribution in [-0.2, 0) is 0 Å². The van der Waals surface area contributed by atoms with Crippen LogP contribution in [0, 0.1) is 5.82 Å². The fourth-order valence-corrected chi connectivity index (χ4v) is 1.47. The maximum Gasteiger partial charge on any atom is 0.131 e. The third kappa shape index (κ3) is 1.95. The van der Waals surface area contributed by atoms with Gasteiger partial charge >= 0.3 is 0 Å². The molecular weight excluding hydrogens is 207 g/mol. The fourth-order valence-electron chi connectivity index (χ4n) is 1.47. The van der Waals surface area contributed by atoms with Gasteiger partial charge in [-0.05, 0) is 35.9 Å². The minimum Gasteiger partial charge on any atom is -0.497 e. The first-order chi connectivity index (χ1) is 7.70. The van der Waals surface area contributed by atoms with Crippen LogP contribution in [0.1, 0.15) is 0 Å². The third-order valence-corrected chi connectivity index (χ3v) is 2.27. The minimum atomic E-state index is -0.314. The molecule has 1 aromatic carbocycles. The number of hydrogen-bond donors (Lipinski definition) is 1. The van der Waals surface area contributed by atoms with Gasteiger partial charge in [0.1, 0.15) is 17.4 Å². The number of rotatable bonds is 2. The Morgan fingerprint density at radius 2 is 2.06 bits per heavy atom. The zero-order valence-electron chi connectivity index (χ0n) is 8.77. The molecule has 4 heteroatoms. The second kappa shape index (κ2) is 4.18. The second-order valence-corrected chi connectivity index (χ2v) is 3.32. The van der Waals surface area contributed by atoms with Crippen molar-refractivity contribution >= 4 is 5.82 Å². The van der Waals surface area contributed by atoms with Crippen LogP contribution in [0.3, 0.4) is 0 Å².